The number of amides is 1. The Labute approximate surface area is 169 Å². The predicted octanol–water partition coefficient (Wildman–Crippen LogP) is 3.16. The zero-order chi connectivity index (χ0) is 21.0. The first-order chi connectivity index (χ1) is 13.9. The third kappa shape index (κ3) is 4.50. The van der Waals surface area contributed by atoms with Gasteiger partial charge >= 0.3 is 11.9 Å². The largest absolute Gasteiger partial charge is 0.461 e. The molecule has 0 bridgehead atoms. The van der Waals surface area contributed by atoms with Crippen molar-refractivity contribution in [2.24, 2.45) is 0 Å². The van der Waals surface area contributed by atoms with Crippen molar-refractivity contribution in [1.82, 2.24) is 10.3 Å². The number of carbonyl (C=O) groups is 3. The third-order valence-electron chi connectivity index (χ3n) is 5.16. The normalized spacial score (nSPS) is 15.3. The molecule has 0 aliphatic heterocycles. The quantitative estimate of drug-likeness (QED) is 0.729. The number of aryl methyl sites for hydroxylation is 2. The Morgan fingerprint density at radius 3 is 2.66 bits per heavy atom. The summed E-state index contributed by atoms with van der Waals surface area (Å²) in [7, 11) is 0. The van der Waals surface area contributed by atoms with Crippen molar-refractivity contribution in [2.75, 3.05) is 13.2 Å². The summed E-state index contributed by atoms with van der Waals surface area (Å²) in [5.41, 5.74) is 3.79. The molecule has 1 aromatic carbocycles. The molecule has 3 rings (SSSR count). The lowest BCUT2D eigenvalue weighted by molar-refractivity contribution is -0.125. The van der Waals surface area contributed by atoms with Crippen LogP contribution in [-0.2, 0) is 20.7 Å². The summed E-state index contributed by atoms with van der Waals surface area (Å²) in [4.78, 5) is 39.7. The molecule has 7 heteroatoms. The molecular formula is C22H26N2O5. The van der Waals surface area contributed by atoms with Crippen molar-refractivity contribution in [2.45, 2.75) is 46.1 Å². The van der Waals surface area contributed by atoms with E-state index in [1.54, 1.807) is 20.8 Å². The molecule has 0 radical (unpaired) electrons. The van der Waals surface area contributed by atoms with Gasteiger partial charge in [0.05, 0.1) is 18.2 Å². The van der Waals surface area contributed by atoms with Crippen molar-refractivity contribution in [3.8, 4) is 0 Å². The SMILES string of the molecule is CCOC(=O)c1[nH]c(C)c(C(=O)OCC(=O)N[C@@H]2CCCc3ccccc32)c1C. The van der Waals surface area contributed by atoms with Crippen LogP contribution in [0.25, 0.3) is 0 Å². The maximum atomic E-state index is 12.5. The molecule has 29 heavy (non-hydrogen) atoms. The summed E-state index contributed by atoms with van der Waals surface area (Å²) >= 11 is 0. The molecule has 2 aromatic rings. The number of aromatic nitrogens is 1. The van der Waals surface area contributed by atoms with Gasteiger partial charge < -0.3 is 19.8 Å². The molecule has 1 heterocycles. The van der Waals surface area contributed by atoms with Crippen LogP contribution in [0.5, 0.6) is 0 Å². The summed E-state index contributed by atoms with van der Waals surface area (Å²) in [6, 6.07) is 7.98. The minimum atomic E-state index is -0.647. The molecule has 1 aromatic heterocycles. The molecule has 0 fully saturated rings. The van der Waals surface area contributed by atoms with Crippen molar-refractivity contribution in [1.29, 1.82) is 0 Å². The van der Waals surface area contributed by atoms with Crippen molar-refractivity contribution in [3.05, 3.63) is 57.9 Å². The Hall–Kier alpha value is -3.09. The third-order valence-corrected chi connectivity index (χ3v) is 5.16. The van der Waals surface area contributed by atoms with Crippen LogP contribution in [0.1, 0.15) is 69.0 Å². The first-order valence-electron chi connectivity index (χ1n) is 9.83. The highest BCUT2D eigenvalue weighted by molar-refractivity contribution is 5.99. The molecule has 1 aliphatic rings. The summed E-state index contributed by atoms with van der Waals surface area (Å²) in [6.45, 7) is 4.88. The van der Waals surface area contributed by atoms with Crippen LogP contribution in [-0.4, -0.2) is 36.0 Å². The number of rotatable bonds is 6. The van der Waals surface area contributed by atoms with Gasteiger partial charge in [0.2, 0.25) is 0 Å². The van der Waals surface area contributed by atoms with Crippen molar-refractivity contribution in [3.63, 3.8) is 0 Å². The topological polar surface area (TPSA) is 97.5 Å². The molecule has 0 saturated carbocycles. The van der Waals surface area contributed by atoms with E-state index >= 15 is 0 Å². The van der Waals surface area contributed by atoms with Crippen LogP contribution in [0.3, 0.4) is 0 Å². The van der Waals surface area contributed by atoms with E-state index in [-0.39, 0.29) is 36.4 Å². The number of carbonyl (C=O) groups excluding carboxylic acids is 3. The zero-order valence-electron chi connectivity index (χ0n) is 17.0. The van der Waals surface area contributed by atoms with E-state index in [9.17, 15) is 14.4 Å². The molecule has 1 amide bonds. The highest BCUT2D eigenvalue weighted by Gasteiger charge is 2.25. The van der Waals surface area contributed by atoms with E-state index in [1.165, 1.54) is 5.56 Å². The van der Waals surface area contributed by atoms with Gasteiger partial charge in [-0.1, -0.05) is 24.3 Å². The Kier molecular flexibility index (Phi) is 6.36. The minimum absolute atomic E-state index is 0.0719. The van der Waals surface area contributed by atoms with Crippen LogP contribution in [0.15, 0.2) is 24.3 Å². The smallest absolute Gasteiger partial charge is 0.355 e. The molecule has 0 unspecified atom stereocenters. The van der Waals surface area contributed by atoms with Gasteiger partial charge in [-0.15, -0.1) is 0 Å². The molecule has 7 nitrogen and oxygen atoms in total. The summed E-state index contributed by atoms with van der Waals surface area (Å²) in [5.74, 6) is -1.52. The molecular weight excluding hydrogens is 372 g/mol. The number of ether oxygens (including phenoxy) is 2. The summed E-state index contributed by atoms with van der Waals surface area (Å²) in [6.07, 6.45) is 2.86. The first-order valence-corrected chi connectivity index (χ1v) is 9.83. The maximum absolute atomic E-state index is 12.5. The second-order valence-electron chi connectivity index (χ2n) is 7.13. The van der Waals surface area contributed by atoms with Crippen LogP contribution in [0, 0.1) is 13.8 Å². The number of aromatic amines is 1. The number of benzene rings is 1. The molecule has 0 saturated heterocycles. The predicted molar refractivity (Wildman–Crippen MR) is 107 cm³/mol. The van der Waals surface area contributed by atoms with Gasteiger partial charge in [0, 0.05) is 5.69 Å². The standard InChI is InChI=1S/C22H26N2O5/c1-4-28-22(27)20-13(2)19(14(3)23-20)21(26)29-12-18(25)24-17-11-7-9-15-8-5-6-10-16(15)17/h5-6,8,10,17,23H,4,7,9,11-12H2,1-3H3,(H,24,25)/t17-/m1/s1. The van der Waals surface area contributed by atoms with Crippen LogP contribution >= 0.6 is 0 Å². The number of hydrogen-bond donors (Lipinski definition) is 2. The van der Waals surface area contributed by atoms with Gasteiger partial charge in [-0.25, -0.2) is 9.59 Å². The lowest BCUT2D eigenvalue weighted by atomic mass is 9.88. The lowest BCUT2D eigenvalue weighted by Crippen LogP contribution is -2.34. The van der Waals surface area contributed by atoms with Gasteiger partial charge in [0.15, 0.2) is 6.61 Å². The summed E-state index contributed by atoms with van der Waals surface area (Å²) in [5, 5.41) is 2.95. The molecule has 154 valence electrons. The van der Waals surface area contributed by atoms with Gasteiger partial charge in [-0.3, -0.25) is 4.79 Å². The molecule has 0 spiro atoms. The van der Waals surface area contributed by atoms with E-state index in [1.807, 2.05) is 18.2 Å². The average molecular weight is 398 g/mol. The molecule has 1 aliphatic carbocycles. The highest BCUT2D eigenvalue weighted by Crippen LogP contribution is 2.29. The number of fused-ring (bicyclic) bond motifs is 1. The van der Waals surface area contributed by atoms with Crippen LogP contribution < -0.4 is 5.32 Å². The van der Waals surface area contributed by atoms with E-state index in [2.05, 4.69) is 16.4 Å². The molecule has 2 N–H and O–H groups in total. The fraction of sp³-hybridized carbons (Fsp3) is 0.409. The van der Waals surface area contributed by atoms with Gasteiger partial charge in [0.1, 0.15) is 5.69 Å². The Bertz CT molecular complexity index is 931. The van der Waals surface area contributed by atoms with Crippen LogP contribution in [0.2, 0.25) is 0 Å². The summed E-state index contributed by atoms with van der Waals surface area (Å²) < 4.78 is 10.2. The fourth-order valence-corrected chi connectivity index (χ4v) is 3.81. The zero-order valence-corrected chi connectivity index (χ0v) is 17.0. The highest BCUT2D eigenvalue weighted by atomic mass is 16.5. The van der Waals surface area contributed by atoms with Crippen molar-refractivity contribution >= 4 is 17.8 Å². The van der Waals surface area contributed by atoms with E-state index in [0.29, 0.717) is 11.3 Å². The Morgan fingerprint density at radius 1 is 1.14 bits per heavy atom. The number of H-pyrrole nitrogens is 1. The first kappa shape index (κ1) is 20.6. The number of hydrogen-bond acceptors (Lipinski definition) is 5. The minimum Gasteiger partial charge on any atom is -0.461 e. The van der Waals surface area contributed by atoms with Crippen molar-refractivity contribution < 1.29 is 23.9 Å². The van der Waals surface area contributed by atoms with Gasteiger partial charge in [-0.05, 0) is 56.7 Å². The Balaban J connectivity index is 1.62. The van der Waals surface area contributed by atoms with E-state index in [0.717, 1.165) is 24.8 Å². The average Bonchev–Trinajstić information content (AvgIpc) is 3.01. The van der Waals surface area contributed by atoms with Gasteiger partial charge in [0.25, 0.3) is 5.91 Å². The van der Waals surface area contributed by atoms with E-state index < -0.39 is 11.9 Å². The van der Waals surface area contributed by atoms with E-state index in [4.69, 9.17) is 9.47 Å². The monoisotopic (exact) mass is 398 g/mol. The van der Waals surface area contributed by atoms with Gasteiger partial charge in [-0.2, -0.15) is 0 Å². The maximum Gasteiger partial charge on any atom is 0.355 e. The molecule has 1 atom stereocenters. The fourth-order valence-electron chi connectivity index (χ4n) is 3.81. The number of esters is 2. The second kappa shape index (κ2) is 8.94. The lowest BCUT2D eigenvalue weighted by Gasteiger charge is -2.26. The second-order valence-corrected chi connectivity index (χ2v) is 7.13. The van der Waals surface area contributed by atoms with Crippen LogP contribution in [0.4, 0.5) is 0 Å². The Morgan fingerprint density at radius 2 is 1.90 bits per heavy atom. The number of nitrogens with one attached hydrogen (secondary N) is 2.